The highest BCUT2D eigenvalue weighted by molar-refractivity contribution is 5.89. The Morgan fingerprint density at radius 2 is 1.43 bits per heavy atom. The third kappa shape index (κ3) is 5.35. The van der Waals surface area contributed by atoms with Crippen LogP contribution in [0.2, 0.25) is 0 Å². The van der Waals surface area contributed by atoms with E-state index in [1.165, 1.54) is 0 Å². The number of hydrogen-bond donors (Lipinski definition) is 3. The number of ether oxygens (including phenoxy) is 1. The summed E-state index contributed by atoms with van der Waals surface area (Å²) in [5.41, 5.74) is 4.89. The van der Waals surface area contributed by atoms with E-state index >= 15 is 0 Å². The molecule has 7 heteroatoms. The van der Waals surface area contributed by atoms with Crippen molar-refractivity contribution in [2.45, 2.75) is 37.8 Å². The van der Waals surface area contributed by atoms with Crippen molar-refractivity contribution >= 4 is 18.0 Å². The molecule has 2 amide bonds. The minimum Gasteiger partial charge on any atom is -0.479 e. The molecule has 1 unspecified atom stereocenters. The maximum Gasteiger partial charge on any atom is 0.407 e. The van der Waals surface area contributed by atoms with E-state index in [9.17, 15) is 19.5 Å². The third-order valence-electron chi connectivity index (χ3n) is 6.20. The van der Waals surface area contributed by atoms with Gasteiger partial charge in [0, 0.05) is 5.92 Å². The summed E-state index contributed by atoms with van der Waals surface area (Å²) in [5.74, 6) is -1.85. The molecule has 0 spiro atoms. The Morgan fingerprint density at radius 1 is 0.857 bits per heavy atom. The van der Waals surface area contributed by atoms with Gasteiger partial charge in [-0.05, 0) is 34.2 Å². The molecule has 2 atom stereocenters. The summed E-state index contributed by atoms with van der Waals surface area (Å²) >= 11 is 0. The molecular weight excluding hydrogens is 444 g/mol. The Bertz CT molecular complexity index is 1170. The molecule has 0 saturated heterocycles. The zero-order valence-electron chi connectivity index (χ0n) is 19.4. The number of nitrogens with one attached hydrogen (secondary N) is 2. The maximum absolute atomic E-state index is 12.9. The Morgan fingerprint density at radius 3 is 2.00 bits per heavy atom. The molecule has 35 heavy (non-hydrogen) atoms. The molecule has 0 bridgehead atoms. The van der Waals surface area contributed by atoms with Crippen LogP contribution in [0.5, 0.6) is 0 Å². The number of carboxylic acids is 1. The predicted octanol–water partition coefficient (Wildman–Crippen LogP) is 4.64. The molecule has 3 aromatic carbocycles. The number of benzene rings is 3. The summed E-state index contributed by atoms with van der Waals surface area (Å²) in [4.78, 5) is 37.3. The first-order chi connectivity index (χ1) is 17.0. The van der Waals surface area contributed by atoms with Gasteiger partial charge < -0.3 is 20.5 Å². The molecule has 0 saturated carbocycles. The summed E-state index contributed by atoms with van der Waals surface area (Å²) < 4.78 is 5.56. The Hall–Kier alpha value is -4.13. The number of rotatable bonds is 9. The van der Waals surface area contributed by atoms with E-state index in [0.29, 0.717) is 18.4 Å². The molecular formula is C28H28N2O5. The van der Waals surface area contributed by atoms with E-state index in [2.05, 4.69) is 22.8 Å². The average Bonchev–Trinajstić information content (AvgIpc) is 3.19. The largest absolute Gasteiger partial charge is 0.479 e. The molecule has 180 valence electrons. The first-order valence-electron chi connectivity index (χ1n) is 11.7. The second-order valence-electron chi connectivity index (χ2n) is 8.50. The lowest BCUT2D eigenvalue weighted by Gasteiger charge is -2.22. The third-order valence-corrected chi connectivity index (χ3v) is 6.20. The normalized spacial score (nSPS) is 13.7. The number of hydrogen-bond acceptors (Lipinski definition) is 4. The average molecular weight is 473 g/mol. The van der Waals surface area contributed by atoms with Gasteiger partial charge in [-0.25, -0.2) is 9.59 Å². The summed E-state index contributed by atoms with van der Waals surface area (Å²) in [7, 11) is 0. The lowest BCUT2D eigenvalue weighted by molar-refractivity contribution is -0.142. The number of fused-ring (bicyclic) bond motifs is 3. The molecule has 3 N–H and O–H groups in total. The number of aliphatic carboxylic acids is 1. The van der Waals surface area contributed by atoms with Gasteiger partial charge in [-0.3, -0.25) is 4.79 Å². The van der Waals surface area contributed by atoms with Crippen molar-refractivity contribution in [3.05, 3.63) is 95.6 Å². The van der Waals surface area contributed by atoms with Gasteiger partial charge in [0.1, 0.15) is 12.6 Å². The van der Waals surface area contributed by atoms with E-state index in [-0.39, 0.29) is 12.5 Å². The number of carbonyl (C=O) groups is 3. The minimum atomic E-state index is -1.22. The standard InChI is InChI=1S/C28H28N2O5/c1-2-10-24(26(31)30-25(27(32)33)18-11-4-3-5-12-18)29-28(34)35-17-23-21-15-8-6-13-19(21)20-14-7-9-16-22(20)23/h3-9,11-16,23-25H,2,10,17H2,1H3,(H,29,34)(H,30,31)(H,32,33)/t24?,25-/m0/s1. The van der Waals surface area contributed by atoms with E-state index in [1.54, 1.807) is 30.3 Å². The fraction of sp³-hybridized carbons (Fsp3) is 0.250. The van der Waals surface area contributed by atoms with Gasteiger partial charge in [0.25, 0.3) is 0 Å². The van der Waals surface area contributed by atoms with Crippen LogP contribution in [0.3, 0.4) is 0 Å². The summed E-state index contributed by atoms with van der Waals surface area (Å²) in [6, 6.07) is 22.4. The number of amides is 2. The zero-order valence-corrected chi connectivity index (χ0v) is 19.4. The van der Waals surface area contributed by atoms with Crippen LogP contribution in [0.15, 0.2) is 78.9 Å². The van der Waals surface area contributed by atoms with Crippen LogP contribution >= 0.6 is 0 Å². The van der Waals surface area contributed by atoms with Crippen molar-refractivity contribution in [1.29, 1.82) is 0 Å². The van der Waals surface area contributed by atoms with Crippen LogP contribution in [0.1, 0.15) is 48.4 Å². The predicted molar refractivity (Wildman–Crippen MR) is 132 cm³/mol. The van der Waals surface area contributed by atoms with Crippen molar-refractivity contribution < 1.29 is 24.2 Å². The van der Waals surface area contributed by atoms with Crippen molar-refractivity contribution in [3.63, 3.8) is 0 Å². The van der Waals surface area contributed by atoms with Gasteiger partial charge in [-0.15, -0.1) is 0 Å². The van der Waals surface area contributed by atoms with Gasteiger partial charge in [0.2, 0.25) is 5.91 Å². The molecule has 0 heterocycles. The second-order valence-corrected chi connectivity index (χ2v) is 8.50. The van der Waals surface area contributed by atoms with Gasteiger partial charge in [0.05, 0.1) is 0 Å². The first-order valence-corrected chi connectivity index (χ1v) is 11.7. The van der Waals surface area contributed by atoms with Gasteiger partial charge in [-0.2, -0.15) is 0 Å². The Balaban J connectivity index is 1.41. The van der Waals surface area contributed by atoms with E-state index < -0.39 is 30.1 Å². The summed E-state index contributed by atoms with van der Waals surface area (Å²) in [6.07, 6.45) is 0.245. The highest BCUT2D eigenvalue weighted by Crippen LogP contribution is 2.44. The molecule has 0 radical (unpaired) electrons. The molecule has 0 aliphatic heterocycles. The van der Waals surface area contributed by atoms with Crippen LogP contribution in [0, 0.1) is 0 Å². The fourth-order valence-corrected chi connectivity index (χ4v) is 4.52. The van der Waals surface area contributed by atoms with Crippen LogP contribution in [-0.4, -0.2) is 35.7 Å². The van der Waals surface area contributed by atoms with Crippen molar-refractivity contribution in [2.24, 2.45) is 0 Å². The topological polar surface area (TPSA) is 105 Å². The lowest BCUT2D eigenvalue weighted by Crippen LogP contribution is -2.49. The van der Waals surface area contributed by atoms with Crippen LogP contribution in [0.4, 0.5) is 4.79 Å². The van der Waals surface area contributed by atoms with E-state index in [4.69, 9.17) is 4.74 Å². The number of carbonyl (C=O) groups excluding carboxylic acids is 2. The Kier molecular flexibility index (Phi) is 7.45. The van der Waals surface area contributed by atoms with E-state index in [0.717, 1.165) is 22.3 Å². The minimum absolute atomic E-state index is 0.0962. The quantitative estimate of drug-likeness (QED) is 0.421. The van der Waals surface area contributed by atoms with E-state index in [1.807, 2.05) is 43.3 Å². The van der Waals surface area contributed by atoms with Crippen molar-refractivity contribution in [1.82, 2.24) is 10.6 Å². The molecule has 1 aliphatic rings. The molecule has 1 aliphatic carbocycles. The van der Waals surface area contributed by atoms with Crippen molar-refractivity contribution in [2.75, 3.05) is 6.61 Å². The summed E-state index contributed by atoms with van der Waals surface area (Å²) in [5, 5.41) is 14.8. The van der Waals surface area contributed by atoms with Crippen LogP contribution < -0.4 is 10.6 Å². The SMILES string of the molecule is CCCC(NC(=O)OCC1c2ccccc2-c2ccccc21)C(=O)N[C@H](C(=O)O)c1ccccc1. The van der Waals surface area contributed by atoms with Gasteiger partial charge >= 0.3 is 12.1 Å². The molecule has 0 fully saturated rings. The first kappa shape index (κ1) is 24.0. The van der Waals surface area contributed by atoms with Crippen molar-refractivity contribution in [3.8, 4) is 11.1 Å². The van der Waals surface area contributed by atoms with Crippen LogP contribution in [0.25, 0.3) is 11.1 Å². The molecule has 7 nitrogen and oxygen atoms in total. The monoisotopic (exact) mass is 472 g/mol. The van der Waals surface area contributed by atoms with Gasteiger partial charge in [0.15, 0.2) is 6.04 Å². The molecule has 4 rings (SSSR count). The van der Waals surface area contributed by atoms with Gasteiger partial charge in [-0.1, -0.05) is 92.2 Å². The maximum atomic E-state index is 12.9. The fourth-order valence-electron chi connectivity index (χ4n) is 4.52. The van der Waals surface area contributed by atoms with Crippen LogP contribution in [-0.2, 0) is 14.3 Å². The Labute approximate surface area is 204 Å². The lowest BCUT2D eigenvalue weighted by atomic mass is 9.98. The summed E-state index contributed by atoms with van der Waals surface area (Å²) in [6.45, 7) is 2.01. The highest BCUT2D eigenvalue weighted by atomic mass is 16.5. The number of carboxylic acid groups (broad SMARTS) is 1. The second kappa shape index (κ2) is 10.9. The molecule has 3 aromatic rings. The smallest absolute Gasteiger partial charge is 0.407 e. The zero-order chi connectivity index (χ0) is 24.8. The number of alkyl carbamates (subject to hydrolysis) is 1. The molecule has 0 aromatic heterocycles. The highest BCUT2D eigenvalue weighted by Gasteiger charge is 2.30.